The van der Waals surface area contributed by atoms with E-state index >= 15 is 0 Å². The van der Waals surface area contributed by atoms with Crippen LogP contribution in [0.25, 0.3) is 0 Å². The predicted octanol–water partition coefficient (Wildman–Crippen LogP) is 4.26. The molecule has 1 unspecified atom stereocenters. The molecule has 0 spiro atoms. The minimum absolute atomic E-state index is 0.0263. The van der Waals surface area contributed by atoms with Crippen LogP contribution in [0.4, 0.5) is 4.39 Å². The van der Waals surface area contributed by atoms with Gasteiger partial charge in [0.25, 0.3) is 0 Å². The lowest BCUT2D eigenvalue weighted by Gasteiger charge is -2.47. The van der Waals surface area contributed by atoms with Gasteiger partial charge in [-0.15, -0.1) is 0 Å². The second kappa shape index (κ2) is 5.02. The molecule has 1 aliphatic rings. The third kappa shape index (κ3) is 2.14. The molecule has 2 N–H and O–H groups in total. The van der Waals surface area contributed by atoms with Crippen molar-refractivity contribution in [2.45, 2.75) is 37.6 Å². The van der Waals surface area contributed by atoms with Gasteiger partial charge in [-0.2, -0.15) is 0 Å². The largest absolute Gasteiger partial charge is 0.323 e. The lowest BCUT2D eigenvalue weighted by molar-refractivity contribution is 0.196. The van der Waals surface area contributed by atoms with Crippen LogP contribution >= 0.6 is 0 Å². The van der Waals surface area contributed by atoms with Crippen molar-refractivity contribution >= 4 is 0 Å². The maximum atomic E-state index is 13.6. The molecule has 0 saturated heterocycles. The summed E-state index contributed by atoms with van der Waals surface area (Å²) in [5, 5.41) is 0. The summed E-state index contributed by atoms with van der Waals surface area (Å²) in [6.45, 7) is 1.91. The van der Waals surface area contributed by atoms with Gasteiger partial charge in [-0.3, -0.25) is 0 Å². The first-order valence-electron chi connectivity index (χ1n) is 7.20. The average molecular weight is 269 g/mol. The van der Waals surface area contributed by atoms with Crippen molar-refractivity contribution in [3.05, 3.63) is 71.0 Å². The molecule has 2 heteroatoms. The van der Waals surface area contributed by atoms with Crippen molar-refractivity contribution in [1.82, 2.24) is 0 Å². The van der Waals surface area contributed by atoms with Crippen LogP contribution in [0.5, 0.6) is 0 Å². The van der Waals surface area contributed by atoms with Crippen LogP contribution in [0.3, 0.4) is 0 Å². The Morgan fingerprint density at radius 3 is 2.35 bits per heavy atom. The summed E-state index contributed by atoms with van der Waals surface area (Å²) in [7, 11) is 0. The van der Waals surface area contributed by atoms with Gasteiger partial charge in [0.15, 0.2) is 0 Å². The molecule has 0 bridgehead atoms. The van der Waals surface area contributed by atoms with Gasteiger partial charge in [-0.25, -0.2) is 4.39 Å². The first-order chi connectivity index (χ1) is 9.62. The van der Waals surface area contributed by atoms with Crippen molar-refractivity contribution in [1.29, 1.82) is 0 Å². The molecule has 104 valence electrons. The quantitative estimate of drug-likeness (QED) is 0.885. The Labute approximate surface area is 119 Å². The molecule has 2 aromatic rings. The summed E-state index contributed by atoms with van der Waals surface area (Å²) in [5.41, 5.74) is 9.63. The van der Waals surface area contributed by atoms with Crippen LogP contribution in [0.1, 0.15) is 42.0 Å². The second-order valence-electron chi connectivity index (χ2n) is 5.92. The molecule has 2 aromatic carbocycles. The number of nitrogens with two attached hydrogens (primary N) is 1. The van der Waals surface area contributed by atoms with Crippen molar-refractivity contribution in [2.75, 3.05) is 0 Å². The summed E-state index contributed by atoms with van der Waals surface area (Å²) >= 11 is 0. The molecule has 0 aliphatic heterocycles. The van der Waals surface area contributed by atoms with Gasteiger partial charge in [-0.05, 0) is 48.6 Å². The number of hydrogen-bond donors (Lipinski definition) is 1. The number of aryl methyl sites for hydroxylation is 1. The fourth-order valence-electron chi connectivity index (χ4n) is 3.37. The van der Waals surface area contributed by atoms with Crippen LogP contribution in [0.2, 0.25) is 0 Å². The van der Waals surface area contributed by atoms with Gasteiger partial charge >= 0.3 is 0 Å². The molecule has 1 aliphatic carbocycles. The Hall–Kier alpha value is -1.67. The molecule has 0 radical (unpaired) electrons. The van der Waals surface area contributed by atoms with Gasteiger partial charge in [-0.1, -0.05) is 42.8 Å². The van der Waals surface area contributed by atoms with Crippen molar-refractivity contribution < 1.29 is 4.39 Å². The van der Waals surface area contributed by atoms with Crippen LogP contribution in [-0.4, -0.2) is 0 Å². The van der Waals surface area contributed by atoms with E-state index in [0.29, 0.717) is 0 Å². The Balaban J connectivity index is 2.01. The molecular weight excluding hydrogens is 249 g/mol. The third-order valence-corrected chi connectivity index (χ3v) is 4.61. The summed E-state index contributed by atoms with van der Waals surface area (Å²) in [6.07, 6.45) is 3.35. The maximum absolute atomic E-state index is 13.6. The molecule has 0 heterocycles. The van der Waals surface area contributed by atoms with Gasteiger partial charge in [0.2, 0.25) is 0 Å². The smallest absolute Gasteiger partial charge is 0.123 e. The molecule has 1 fully saturated rings. The first-order valence-corrected chi connectivity index (χ1v) is 7.20. The summed E-state index contributed by atoms with van der Waals surface area (Å²) in [6, 6.07) is 15.4. The van der Waals surface area contributed by atoms with E-state index in [9.17, 15) is 4.39 Å². The topological polar surface area (TPSA) is 26.0 Å². The van der Waals surface area contributed by atoms with E-state index in [4.69, 9.17) is 5.73 Å². The van der Waals surface area contributed by atoms with Gasteiger partial charge in [0, 0.05) is 11.5 Å². The number of rotatable bonds is 3. The molecular formula is C18H20FN. The highest BCUT2D eigenvalue weighted by Gasteiger charge is 2.44. The summed E-state index contributed by atoms with van der Waals surface area (Å²) in [4.78, 5) is 0. The zero-order valence-corrected chi connectivity index (χ0v) is 11.8. The SMILES string of the molecule is Cc1cc(F)cc(C(N)C2(c3ccccc3)CCC2)c1. The molecule has 0 aromatic heterocycles. The minimum atomic E-state index is -0.196. The molecule has 1 nitrogen and oxygen atoms in total. The number of hydrogen-bond acceptors (Lipinski definition) is 1. The maximum Gasteiger partial charge on any atom is 0.123 e. The minimum Gasteiger partial charge on any atom is -0.323 e. The molecule has 3 rings (SSSR count). The Bertz CT molecular complexity index is 582. The van der Waals surface area contributed by atoms with E-state index in [1.165, 1.54) is 12.0 Å². The zero-order chi connectivity index (χ0) is 14.2. The highest BCUT2D eigenvalue weighted by molar-refractivity contribution is 5.36. The van der Waals surface area contributed by atoms with E-state index in [1.54, 1.807) is 12.1 Å². The van der Waals surface area contributed by atoms with Gasteiger partial charge in [0.05, 0.1) is 0 Å². The van der Waals surface area contributed by atoms with E-state index in [0.717, 1.165) is 24.0 Å². The Morgan fingerprint density at radius 2 is 1.80 bits per heavy atom. The fraction of sp³-hybridized carbons (Fsp3) is 0.333. The lowest BCUT2D eigenvalue weighted by atomic mass is 9.59. The highest BCUT2D eigenvalue weighted by atomic mass is 19.1. The number of benzene rings is 2. The molecule has 0 amide bonds. The van der Waals surface area contributed by atoms with E-state index < -0.39 is 0 Å². The zero-order valence-electron chi connectivity index (χ0n) is 11.8. The average Bonchev–Trinajstić information content (AvgIpc) is 2.37. The van der Waals surface area contributed by atoms with Crippen molar-refractivity contribution in [3.8, 4) is 0 Å². The van der Waals surface area contributed by atoms with Gasteiger partial charge in [0.1, 0.15) is 5.82 Å². The first kappa shape index (κ1) is 13.3. The predicted molar refractivity (Wildman–Crippen MR) is 80.0 cm³/mol. The summed E-state index contributed by atoms with van der Waals surface area (Å²) in [5.74, 6) is -0.196. The van der Waals surface area contributed by atoms with Crippen LogP contribution in [-0.2, 0) is 5.41 Å². The monoisotopic (exact) mass is 269 g/mol. The Kier molecular flexibility index (Phi) is 3.35. The van der Waals surface area contributed by atoms with E-state index in [1.807, 2.05) is 19.1 Å². The van der Waals surface area contributed by atoms with Gasteiger partial charge < -0.3 is 5.73 Å². The number of halogens is 1. The van der Waals surface area contributed by atoms with E-state index in [2.05, 4.69) is 24.3 Å². The van der Waals surface area contributed by atoms with E-state index in [-0.39, 0.29) is 17.3 Å². The Morgan fingerprint density at radius 1 is 1.10 bits per heavy atom. The second-order valence-corrected chi connectivity index (χ2v) is 5.92. The van der Waals surface area contributed by atoms with Crippen LogP contribution in [0, 0.1) is 12.7 Å². The fourth-order valence-corrected chi connectivity index (χ4v) is 3.37. The summed E-state index contributed by atoms with van der Waals surface area (Å²) < 4.78 is 13.6. The lowest BCUT2D eigenvalue weighted by Crippen LogP contribution is -2.44. The third-order valence-electron chi connectivity index (χ3n) is 4.61. The van der Waals surface area contributed by atoms with Crippen LogP contribution < -0.4 is 5.73 Å². The standard InChI is InChI=1S/C18H20FN/c1-13-10-14(12-16(19)11-13)17(20)18(8-5-9-18)15-6-3-2-4-7-15/h2-4,6-7,10-12,17H,5,8-9,20H2,1H3. The molecule has 1 saturated carbocycles. The van der Waals surface area contributed by atoms with Crippen molar-refractivity contribution in [2.24, 2.45) is 5.73 Å². The highest BCUT2D eigenvalue weighted by Crippen LogP contribution is 2.51. The molecule has 20 heavy (non-hydrogen) atoms. The molecule has 1 atom stereocenters. The van der Waals surface area contributed by atoms with Crippen LogP contribution in [0.15, 0.2) is 48.5 Å². The normalized spacial score (nSPS) is 18.4. The van der Waals surface area contributed by atoms with Crippen molar-refractivity contribution in [3.63, 3.8) is 0 Å².